The first-order valence-corrected chi connectivity index (χ1v) is 10.3. The van der Waals surface area contributed by atoms with Crippen LogP contribution in [0.3, 0.4) is 0 Å². The molecule has 0 bridgehead atoms. The van der Waals surface area contributed by atoms with Crippen LogP contribution < -0.4 is 9.46 Å². The van der Waals surface area contributed by atoms with Gasteiger partial charge < -0.3 is 14.9 Å². The molecule has 2 rings (SSSR count). The van der Waals surface area contributed by atoms with Gasteiger partial charge in [-0.2, -0.15) is 0 Å². The van der Waals surface area contributed by atoms with Crippen LogP contribution in [0.4, 0.5) is 5.69 Å². The maximum absolute atomic E-state index is 12.5. The molecule has 0 radical (unpaired) electrons. The Balaban J connectivity index is 2.61. The van der Waals surface area contributed by atoms with E-state index in [0.717, 1.165) is 29.2 Å². The van der Waals surface area contributed by atoms with Crippen LogP contribution in [0.1, 0.15) is 5.56 Å². The van der Waals surface area contributed by atoms with Crippen LogP contribution in [0.2, 0.25) is 0 Å². The van der Waals surface area contributed by atoms with Crippen LogP contribution in [0.5, 0.6) is 11.5 Å². The number of carboxylic acid groups (broad SMARTS) is 1. The number of aliphatic carboxylic acids is 1. The van der Waals surface area contributed by atoms with Gasteiger partial charge in [0, 0.05) is 22.6 Å². The third-order valence-corrected chi connectivity index (χ3v) is 6.69. The summed E-state index contributed by atoms with van der Waals surface area (Å²) in [4.78, 5) is 11.2. The van der Waals surface area contributed by atoms with Crippen LogP contribution in [0.25, 0.3) is 6.08 Å². The van der Waals surface area contributed by atoms with Crippen molar-refractivity contribution in [3.05, 3.63) is 35.2 Å². The number of hydrogen-bond acceptors (Lipinski definition) is 7. The van der Waals surface area contributed by atoms with Crippen LogP contribution in [0.15, 0.2) is 38.8 Å². The monoisotopic (exact) mass is 401 g/mol. The Hall–Kier alpha value is -2.17. The maximum atomic E-state index is 12.5. The van der Waals surface area contributed by atoms with E-state index in [1.165, 1.54) is 25.3 Å². The number of ether oxygens (including phenoxy) is 1. The molecule has 0 spiro atoms. The molecule has 2 aromatic rings. The predicted octanol–water partition coefficient (Wildman–Crippen LogP) is 3.08. The average molecular weight is 401 g/mol. The second-order valence-electron chi connectivity index (χ2n) is 4.63. The van der Waals surface area contributed by atoms with Crippen LogP contribution in [-0.2, 0) is 14.8 Å². The first-order valence-electron chi connectivity index (χ1n) is 6.75. The number of rotatable bonds is 7. The third-order valence-electron chi connectivity index (χ3n) is 3.07. The fourth-order valence-electron chi connectivity index (χ4n) is 2.02. The number of aromatic hydroxyl groups is 1. The molecule has 0 amide bonds. The number of hydrogen-bond donors (Lipinski definition) is 3. The number of thiophene rings is 1. The molecule has 1 aromatic heterocycles. The van der Waals surface area contributed by atoms with E-state index in [1.54, 1.807) is 17.7 Å². The van der Waals surface area contributed by atoms with Crippen LogP contribution >= 0.6 is 23.1 Å². The molecule has 0 aliphatic carbocycles. The standard InChI is InChI=1S/C15H15NO6S3/c1-22-11-8-10(16-25(20,21)13-4-3-7-24-13)15(23-2)9(14(11)19)5-6-12(17)18/h3-8,16,19H,1-2H3,(H,17,18). The average Bonchev–Trinajstić information content (AvgIpc) is 3.09. The Bertz CT molecular complexity index is 904. The third kappa shape index (κ3) is 4.27. The van der Waals surface area contributed by atoms with Crippen molar-refractivity contribution in [2.75, 3.05) is 18.1 Å². The van der Waals surface area contributed by atoms with E-state index in [1.807, 2.05) is 0 Å². The van der Waals surface area contributed by atoms with Gasteiger partial charge in [0.15, 0.2) is 11.5 Å². The molecule has 0 aliphatic rings. The van der Waals surface area contributed by atoms with Gasteiger partial charge in [-0.15, -0.1) is 23.1 Å². The lowest BCUT2D eigenvalue weighted by atomic mass is 10.1. The Labute approximate surface area is 153 Å². The number of phenols is 1. The van der Waals surface area contributed by atoms with Crippen molar-refractivity contribution in [3.63, 3.8) is 0 Å². The van der Waals surface area contributed by atoms with Crippen LogP contribution in [-0.4, -0.2) is 38.0 Å². The van der Waals surface area contributed by atoms with Crippen LogP contribution in [0, 0.1) is 0 Å². The van der Waals surface area contributed by atoms with E-state index in [0.29, 0.717) is 4.90 Å². The predicted molar refractivity (Wildman–Crippen MR) is 98.2 cm³/mol. The number of benzene rings is 1. The highest BCUT2D eigenvalue weighted by atomic mass is 32.2. The minimum atomic E-state index is -3.81. The molecule has 0 fully saturated rings. The van der Waals surface area contributed by atoms with Crippen molar-refractivity contribution in [2.24, 2.45) is 0 Å². The Morgan fingerprint density at radius 2 is 2.16 bits per heavy atom. The molecule has 0 unspecified atom stereocenters. The lowest BCUT2D eigenvalue weighted by molar-refractivity contribution is -0.131. The summed E-state index contributed by atoms with van der Waals surface area (Å²) in [5, 5.41) is 20.7. The number of sulfonamides is 1. The molecule has 0 aliphatic heterocycles. The molecule has 25 heavy (non-hydrogen) atoms. The number of thioether (sulfide) groups is 1. The zero-order valence-electron chi connectivity index (χ0n) is 13.2. The van der Waals surface area contributed by atoms with Gasteiger partial charge in [-0.05, 0) is 23.8 Å². The van der Waals surface area contributed by atoms with Gasteiger partial charge in [0.1, 0.15) is 4.21 Å². The zero-order chi connectivity index (χ0) is 18.6. The van der Waals surface area contributed by atoms with Gasteiger partial charge in [-0.1, -0.05) is 6.07 Å². The number of carbonyl (C=O) groups is 1. The van der Waals surface area contributed by atoms with Crippen molar-refractivity contribution in [1.29, 1.82) is 0 Å². The lowest BCUT2D eigenvalue weighted by Crippen LogP contribution is -2.12. The summed E-state index contributed by atoms with van der Waals surface area (Å²) in [7, 11) is -2.50. The first-order chi connectivity index (χ1) is 11.8. The quantitative estimate of drug-likeness (QED) is 0.371. The molecule has 0 atom stereocenters. The van der Waals surface area contributed by atoms with E-state index in [-0.39, 0.29) is 27.0 Å². The van der Waals surface area contributed by atoms with E-state index >= 15 is 0 Å². The maximum Gasteiger partial charge on any atom is 0.328 e. The highest BCUT2D eigenvalue weighted by Crippen LogP contribution is 2.43. The highest BCUT2D eigenvalue weighted by molar-refractivity contribution is 7.99. The molecule has 0 saturated heterocycles. The smallest absolute Gasteiger partial charge is 0.328 e. The molecule has 1 heterocycles. The minimum absolute atomic E-state index is 0.0201. The summed E-state index contributed by atoms with van der Waals surface area (Å²) >= 11 is 2.23. The van der Waals surface area contributed by atoms with Gasteiger partial charge in [0.25, 0.3) is 10.0 Å². The molecule has 134 valence electrons. The Morgan fingerprint density at radius 1 is 1.44 bits per heavy atom. The summed E-state index contributed by atoms with van der Waals surface area (Å²) < 4.78 is 32.6. The number of phenolic OH excluding ortho intramolecular Hbond substituents is 1. The summed E-state index contributed by atoms with van der Waals surface area (Å²) in [6.07, 6.45) is 3.73. The SMILES string of the molecule is COc1cc(NS(=O)(=O)c2cccs2)c(SC)c(C=CC(=O)O)c1O. The lowest BCUT2D eigenvalue weighted by Gasteiger charge is -2.16. The molecule has 1 aromatic carbocycles. The molecular formula is C15H15NO6S3. The van der Waals surface area contributed by atoms with Gasteiger partial charge in [0.05, 0.1) is 12.8 Å². The van der Waals surface area contributed by atoms with Crippen molar-refractivity contribution in [2.45, 2.75) is 9.10 Å². The van der Waals surface area contributed by atoms with Crippen molar-refractivity contribution in [1.82, 2.24) is 0 Å². The van der Waals surface area contributed by atoms with Gasteiger partial charge in [-0.3, -0.25) is 4.72 Å². The summed E-state index contributed by atoms with van der Waals surface area (Å²) in [5.41, 5.74) is 0.332. The number of methoxy groups -OCH3 is 1. The van der Waals surface area contributed by atoms with E-state index in [9.17, 15) is 18.3 Å². The summed E-state index contributed by atoms with van der Waals surface area (Å²) in [6.45, 7) is 0. The molecule has 3 N–H and O–H groups in total. The van der Waals surface area contributed by atoms with Gasteiger partial charge in [0.2, 0.25) is 0 Å². The van der Waals surface area contributed by atoms with E-state index in [2.05, 4.69) is 4.72 Å². The molecule has 10 heteroatoms. The molecule has 7 nitrogen and oxygen atoms in total. The van der Waals surface area contributed by atoms with Gasteiger partial charge >= 0.3 is 5.97 Å². The molecular weight excluding hydrogens is 386 g/mol. The second kappa shape index (κ2) is 7.81. The van der Waals surface area contributed by atoms with Gasteiger partial charge in [-0.25, -0.2) is 13.2 Å². The minimum Gasteiger partial charge on any atom is -0.504 e. The van der Waals surface area contributed by atoms with E-state index < -0.39 is 16.0 Å². The fraction of sp³-hybridized carbons (Fsp3) is 0.133. The first kappa shape index (κ1) is 19.2. The number of nitrogens with one attached hydrogen (secondary N) is 1. The van der Waals surface area contributed by atoms with Crippen molar-refractivity contribution >= 4 is 50.9 Å². The normalized spacial score (nSPS) is 11.6. The summed E-state index contributed by atoms with van der Waals surface area (Å²) in [5.74, 6) is -1.45. The Morgan fingerprint density at radius 3 is 2.68 bits per heavy atom. The number of anilines is 1. The van der Waals surface area contributed by atoms with Crippen molar-refractivity contribution < 1.29 is 28.2 Å². The highest BCUT2D eigenvalue weighted by Gasteiger charge is 2.22. The number of carboxylic acids is 1. The Kier molecular flexibility index (Phi) is 5.98. The summed E-state index contributed by atoms with van der Waals surface area (Å²) in [6, 6.07) is 4.44. The zero-order valence-corrected chi connectivity index (χ0v) is 15.7. The molecule has 0 saturated carbocycles. The topological polar surface area (TPSA) is 113 Å². The fourth-order valence-corrected chi connectivity index (χ4v) is 4.86. The van der Waals surface area contributed by atoms with Crippen molar-refractivity contribution in [3.8, 4) is 11.5 Å². The van der Waals surface area contributed by atoms with E-state index in [4.69, 9.17) is 9.84 Å². The second-order valence-corrected chi connectivity index (χ2v) is 8.30. The largest absolute Gasteiger partial charge is 0.504 e.